The van der Waals surface area contributed by atoms with Gasteiger partial charge in [-0.25, -0.2) is 4.79 Å². The number of aryl methyl sites for hydroxylation is 1. The monoisotopic (exact) mass is 263 g/mol. The first-order valence-electron chi connectivity index (χ1n) is 6.05. The summed E-state index contributed by atoms with van der Waals surface area (Å²) in [5.41, 5.74) is 8.13. The molecule has 2 amide bonds. The van der Waals surface area contributed by atoms with E-state index < -0.39 is 0 Å². The third-order valence-electron chi connectivity index (χ3n) is 3.15. The van der Waals surface area contributed by atoms with E-state index in [-0.39, 0.29) is 6.03 Å². The van der Waals surface area contributed by atoms with E-state index in [1.54, 1.807) is 0 Å². The quantitative estimate of drug-likeness (QED) is 0.805. The van der Waals surface area contributed by atoms with Crippen LogP contribution in [0.15, 0.2) is 18.2 Å². The predicted octanol–water partition coefficient (Wildman–Crippen LogP) is 2.26. The van der Waals surface area contributed by atoms with Crippen LogP contribution in [-0.2, 0) is 0 Å². The zero-order chi connectivity index (χ0) is 13.1. The van der Waals surface area contributed by atoms with E-state index in [2.05, 4.69) is 5.32 Å². The molecule has 2 rings (SSSR count). The first kappa shape index (κ1) is 12.8. The molecule has 1 aromatic carbocycles. The summed E-state index contributed by atoms with van der Waals surface area (Å²) in [6.07, 6.45) is 2.15. The predicted molar refractivity (Wildman–Crippen MR) is 76.9 cm³/mol. The van der Waals surface area contributed by atoms with Crippen LogP contribution in [0.5, 0.6) is 0 Å². The summed E-state index contributed by atoms with van der Waals surface area (Å²) in [6, 6.07) is 5.57. The van der Waals surface area contributed by atoms with Crippen molar-refractivity contribution in [3.05, 3.63) is 29.3 Å². The number of likely N-dealkylation sites (tertiary alicyclic amines) is 1. The molecule has 0 aromatic heterocycles. The Labute approximate surface area is 112 Å². The minimum Gasteiger partial charge on any atom is -0.389 e. The minimum atomic E-state index is -0.0735. The second kappa shape index (κ2) is 5.35. The lowest BCUT2D eigenvalue weighted by Gasteiger charge is -2.18. The fraction of sp³-hybridized carbons (Fsp3) is 0.385. The maximum atomic E-state index is 12.0. The van der Waals surface area contributed by atoms with Crippen LogP contribution in [-0.4, -0.2) is 29.0 Å². The normalized spacial score (nSPS) is 14.6. The van der Waals surface area contributed by atoms with Gasteiger partial charge in [0.05, 0.1) is 5.69 Å². The van der Waals surface area contributed by atoms with E-state index in [0.717, 1.165) is 37.1 Å². The summed E-state index contributed by atoms with van der Waals surface area (Å²) in [6.45, 7) is 3.57. The summed E-state index contributed by atoms with van der Waals surface area (Å²) >= 11 is 5.04. The van der Waals surface area contributed by atoms with Crippen LogP contribution in [0.25, 0.3) is 0 Å². The summed E-state index contributed by atoms with van der Waals surface area (Å²) in [7, 11) is 0. The van der Waals surface area contributed by atoms with Crippen molar-refractivity contribution in [2.24, 2.45) is 5.73 Å². The number of hydrogen-bond acceptors (Lipinski definition) is 2. The molecule has 1 saturated heterocycles. The zero-order valence-corrected chi connectivity index (χ0v) is 11.2. The number of anilines is 1. The third-order valence-corrected chi connectivity index (χ3v) is 3.36. The number of carbonyl (C=O) groups excluding carboxylic acids is 1. The Kier molecular flexibility index (Phi) is 3.81. The van der Waals surface area contributed by atoms with Crippen molar-refractivity contribution in [3.8, 4) is 0 Å². The molecule has 18 heavy (non-hydrogen) atoms. The number of rotatable bonds is 2. The molecule has 1 aliphatic rings. The summed E-state index contributed by atoms with van der Waals surface area (Å²) < 4.78 is 0. The molecule has 1 aromatic rings. The molecule has 96 valence electrons. The number of nitrogens with two attached hydrogens (primary N) is 1. The van der Waals surface area contributed by atoms with Crippen molar-refractivity contribution in [3.63, 3.8) is 0 Å². The van der Waals surface area contributed by atoms with Crippen LogP contribution in [0.1, 0.15) is 24.0 Å². The van der Waals surface area contributed by atoms with Crippen molar-refractivity contribution >= 4 is 28.9 Å². The Morgan fingerprint density at radius 3 is 2.67 bits per heavy atom. The van der Waals surface area contributed by atoms with Gasteiger partial charge in [0.15, 0.2) is 0 Å². The van der Waals surface area contributed by atoms with E-state index in [1.807, 2.05) is 30.0 Å². The summed E-state index contributed by atoms with van der Waals surface area (Å²) in [4.78, 5) is 14.2. The van der Waals surface area contributed by atoms with Crippen molar-refractivity contribution in [2.45, 2.75) is 19.8 Å². The maximum Gasteiger partial charge on any atom is 0.321 e. The molecule has 0 radical (unpaired) electrons. The average molecular weight is 263 g/mol. The standard InChI is InChI=1S/C13H17N3OS/c1-9-5-4-6-10(11(9)12(14)18)15-13(17)16-7-2-3-8-16/h4-6H,2-3,7-8H2,1H3,(H2,14,18)(H,15,17). The van der Waals surface area contributed by atoms with Crippen molar-refractivity contribution < 1.29 is 4.79 Å². The highest BCUT2D eigenvalue weighted by Crippen LogP contribution is 2.20. The van der Waals surface area contributed by atoms with Crippen LogP contribution in [0.3, 0.4) is 0 Å². The van der Waals surface area contributed by atoms with Gasteiger partial charge in [0.25, 0.3) is 0 Å². The van der Waals surface area contributed by atoms with Crippen LogP contribution < -0.4 is 11.1 Å². The molecule has 1 heterocycles. The summed E-state index contributed by atoms with van der Waals surface area (Å²) in [5.74, 6) is 0. The number of thiocarbonyl (C=S) groups is 1. The number of carbonyl (C=O) groups is 1. The molecule has 3 N–H and O–H groups in total. The molecular weight excluding hydrogens is 246 g/mol. The van der Waals surface area contributed by atoms with Gasteiger partial charge in [-0.3, -0.25) is 0 Å². The van der Waals surface area contributed by atoms with Crippen molar-refractivity contribution in [1.82, 2.24) is 4.90 Å². The molecule has 0 bridgehead atoms. The number of amides is 2. The van der Waals surface area contributed by atoms with Crippen LogP contribution in [0, 0.1) is 6.92 Å². The molecule has 0 aliphatic carbocycles. The molecule has 1 aliphatic heterocycles. The average Bonchev–Trinajstić information content (AvgIpc) is 2.81. The number of benzene rings is 1. The van der Waals surface area contributed by atoms with Crippen LogP contribution in [0.4, 0.5) is 10.5 Å². The highest BCUT2D eigenvalue weighted by Gasteiger charge is 2.19. The van der Waals surface area contributed by atoms with Gasteiger partial charge in [-0.1, -0.05) is 24.4 Å². The van der Waals surface area contributed by atoms with Gasteiger partial charge in [-0.2, -0.15) is 0 Å². The molecule has 0 spiro atoms. The fourth-order valence-corrected chi connectivity index (χ4v) is 2.48. The van der Waals surface area contributed by atoms with Gasteiger partial charge in [0, 0.05) is 18.7 Å². The lowest BCUT2D eigenvalue weighted by Crippen LogP contribution is -2.33. The van der Waals surface area contributed by atoms with Crippen molar-refractivity contribution in [1.29, 1.82) is 0 Å². The topological polar surface area (TPSA) is 58.4 Å². The smallest absolute Gasteiger partial charge is 0.321 e. The summed E-state index contributed by atoms with van der Waals surface area (Å²) in [5, 5.41) is 2.89. The number of nitrogens with one attached hydrogen (secondary N) is 1. The van der Waals surface area contributed by atoms with Gasteiger partial charge in [-0.05, 0) is 31.4 Å². The molecule has 0 saturated carbocycles. The number of nitrogens with zero attached hydrogens (tertiary/aromatic N) is 1. The second-order valence-electron chi connectivity index (χ2n) is 4.49. The second-order valence-corrected chi connectivity index (χ2v) is 4.93. The van der Waals surface area contributed by atoms with Crippen LogP contribution >= 0.6 is 12.2 Å². The number of urea groups is 1. The van der Waals surface area contributed by atoms with E-state index in [9.17, 15) is 4.79 Å². The Bertz CT molecular complexity index is 481. The highest BCUT2D eigenvalue weighted by atomic mass is 32.1. The van der Waals surface area contributed by atoms with E-state index in [1.165, 1.54) is 0 Å². The maximum absolute atomic E-state index is 12.0. The zero-order valence-electron chi connectivity index (χ0n) is 10.4. The molecule has 0 unspecified atom stereocenters. The molecular formula is C13H17N3OS. The van der Waals surface area contributed by atoms with Gasteiger partial charge in [-0.15, -0.1) is 0 Å². The first-order chi connectivity index (χ1) is 8.59. The van der Waals surface area contributed by atoms with E-state index >= 15 is 0 Å². The Hall–Kier alpha value is -1.62. The van der Waals surface area contributed by atoms with E-state index in [4.69, 9.17) is 18.0 Å². The first-order valence-corrected chi connectivity index (χ1v) is 6.46. The van der Waals surface area contributed by atoms with E-state index in [0.29, 0.717) is 10.7 Å². The van der Waals surface area contributed by atoms with Crippen molar-refractivity contribution in [2.75, 3.05) is 18.4 Å². The Balaban J connectivity index is 2.20. The van der Waals surface area contributed by atoms with Gasteiger partial charge in [0.1, 0.15) is 4.99 Å². The van der Waals surface area contributed by atoms with Crippen LogP contribution in [0.2, 0.25) is 0 Å². The SMILES string of the molecule is Cc1cccc(NC(=O)N2CCCC2)c1C(N)=S. The number of hydrogen-bond donors (Lipinski definition) is 2. The van der Waals surface area contributed by atoms with Gasteiger partial charge < -0.3 is 16.0 Å². The highest BCUT2D eigenvalue weighted by molar-refractivity contribution is 7.80. The molecule has 4 nitrogen and oxygen atoms in total. The lowest BCUT2D eigenvalue weighted by atomic mass is 10.1. The molecule has 0 atom stereocenters. The van der Waals surface area contributed by atoms with Gasteiger partial charge >= 0.3 is 6.03 Å². The largest absolute Gasteiger partial charge is 0.389 e. The Morgan fingerprint density at radius 1 is 1.39 bits per heavy atom. The van der Waals surface area contributed by atoms with Gasteiger partial charge in [0.2, 0.25) is 0 Å². The lowest BCUT2D eigenvalue weighted by molar-refractivity contribution is 0.222. The minimum absolute atomic E-state index is 0.0735. The fourth-order valence-electron chi connectivity index (χ4n) is 2.21. The molecule has 5 heteroatoms. The Morgan fingerprint density at radius 2 is 2.06 bits per heavy atom. The third kappa shape index (κ3) is 2.61. The molecule has 1 fully saturated rings.